The molecule has 20 heavy (non-hydrogen) atoms. The molecule has 3 N–H and O–H groups in total. The Labute approximate surface area is 119 Å². The maximum atomic E-state index is 11.7. The number of rotatable bonds is 4. The topological polar surface area (TPSA) is 63.3 Å². The first-order chi connectivity index (χ1) is 9.43. The fourth-order valence-electron chi connectivity index (χ4n) is 2.48. The average molecular weight is 269 g/mol. The second kappa shape index (κ2) is 5.37. The molecule has 0 spiro atoms. The minimum atomic E-state index is -0.905. The smallest absolute Gasteiger partial charge is 0.310 e. The molecule has 0 amide bonds. The molecule has 0 heterocycles. The molecular weight excluding hydrogens is 250 g/mol. The lowest BCUT2D eigenvalue weighted by Gasteiger charge is -2.31. The van der Waals surface area contributed by atoms with Gasteiger partial charge >= 0.3 is 5.97 Å². The minimum Gasteiger partial charge on any atom is -0.481 e. The third kappa shape index (κ3) is 2.67. The summed E-state index contributed by atoms with van der Waals surface area (Å²) in [5.74, 6) is -1.04. The Balaban J connectivity index is 2.56. The van der Waals surface area contributed by atoms with Gasteiger partial charge in [0.15, 0.2) is 0 Å². The highest BCUT2D eigenvalue weighted by molar-refractivity contribution is 5.76. The van der Waals surface area contributed by atoms with E-state index < -0.39 is 11.4 Å². The van der Waals surface area contributed by atoms with Crippen molar-refractivity contribution in [2.24, 2.45) is 5.41 Å². The zero-order valence-electron chi connectivity index (χ0n) is 11.7. The summed E-state index contributed by atoms with van der Waals surface area (Å²) < 4.78 is 0. The van der Waals surface area contributed by atoms with Crippen molar-refractivity contribution in [2.75, 3.05) is 5.73 Å². The van der Waals surface area contributed by atoms with Gasteiger partial charge in [-0.1, -0.05) is 42.5 Å². The second-order valence-electron chi connectivity index (χ2n) is 5.54. The molecule has 0 aliphatic rings. The van der Waals surface area contributed by atoms with Crippen molar-refractivity contribution in [3.63, 3.8) is 0 Å². The van der Waals surface area contributed by atoms with Gasteiger partial charge in [-0.3, -0.25) is 4.79 Å². The molecule has 2 aromatic rings. The highest BCUT2D eigenvalue weighted by atomic mass is 16.4. The number of hydrogen-bond donors (Lipinski definition) is 2. The molecular formula is C17H19NO2. The maximum Gasteiger partial charge on any atom is 0.310 e. The van der Waals surface area contributed by atoms with Crippen LogP contribution >= 0.6 is 0 Å². The van der Waals surface area contributed by atoms with Gasteiger partial charge in [0.2, 0.25) is 0 Å². The number of benzene rings is 2. The quantitative estimate of drug-likeness (QED) is 0.835. The summed E-state index contributed by atoms with van der Waals surface area (Å²) in [4.78, 5) is 11.7. The molecule has 1 atom stereocenters. The van der Waals surface area contributed by atoms with Gasteiger partial charge in [0.05, 0.1) is 5.41 Å². The van der Waals surface area contributed by atoms with Gasteiger partial charge in [-0.25, -0.2) is 0 Å². The normalized spacial score (nSPS) is 12.9. The first-order valence-corrected chi connectivity index (χ1v) is 6.56. The van der Waals surface area contributed by atoms with Crippen molar-refractivity contribution in [1.29, 1.82) is 0 Å². The molecule has 3 nitrogen and oxygen atoms in total. The van der Waals surface area contributed by atoms with Crippen molar-refractivity contribution in [3.8, 4) is 0 Å². The molecule has 0 aliphatic heterocycles. The monoisotopic (exact) mass is 269 g/mol. The van der Waals surface area contributed by atoms with Crippen molar-refractivity contribution < 1.29 is 9.90 Å². The number of anilines is 1. The molecule has 0 saturated carbocycles. The van der Waals surface area contributed by atoms with E-state index in [1.54, 1.807) is 13.8 Å². The van der Waals surface area contributed by atoms with Crippen LogP contribution in [-0.4, -0.2) is 11.1 Å². The first-order valence-electron chi connectivity index (χ1n) is 6.56. The Kier molecular flexibility index (Phi) is 3.79. The third-order valence-corrected chi connectivity index (χ3v) is 3.68. The van der Waals surface area contributed by atoms with Crippen LogP contribution in [-0.2, 0) is 4.79 Å². The van der Waals surface area contributed by atoms with Crippen LogP contribution in [0.4, 0.5) is 5.69 Å². The van der Waals surface area contributed by atoms with E-state index in [0.717, 1.165) is 11.1 Å². The predicted octanol–water partition coefficient (Wildman–Crippen LogP) is 3.51. The Morgan fingerprint density at radius 2 is 1.50 bits per heavy atom. The lowest BCUT2D eigenvalue weighted by atomic mass is 9.71. The van der Waals surface area contributed by atoms with Gasteiger partial charge in [-0.15, -0.1) is 0 Å². The molecule has 0 aromatic heterocycles. The number of aliphatic carboxylic acids is 1. The molecule has 0 radical (unpaired) electrons. The van der Waals surface area contributed by atoms with Crippen LogP contribution in [0.3, 0.4) is 0 Å². The van der Waals surface area contributed by atoms with Crippen LogP contribution in [0.25, 0.3) is 0 Å². The van der Waals surface area contributed by atoms with E-state index in [-0.39, 0.29) is 5.92 Å². The fourth-order valence-corrected chi connectivity index (χ4v) is 2.48. The van der Waals surface area contributed by atoms with Gasteiger partial charge in [0.25, 0.3) is 0 Å². The van der Waals surface area contributed by atoms with E-state index in [1.165, 1.54) is 0 Å². The first kappa shape index (κ1) is 14.1. The second-order valence-corrected chi connectivity index (χ2v) is 5.54. The van der Waals surface area contributed by atoms with E-state index >= 15 is 0 Å². The zero-order valence-corrected chi connectivity index (χ0v) is 11.7. The third-order valence-electron chi connectivity index (χ3n) is 3.68. The Morgan fingerprint density at radius 3 is 2.00 bits per heavy atom. The molecule has 0 aliphatic carbocycles. The van der Waals surface area contributed by atoms with Gasteiger partial charge in [0.1, 0.15) is 0 Å². The van der Waals surface area contributed by atoms with Crippen LogP contribution < -0.4 is 5.73 Å². The summed E-state index contributed by atoms with van der Waals surface area (Å²) in [6.07, 6.45) is 0. The number of nitrogens with two attached hydrogens (primary N) is 1. The van der Waals surface area contributed by atoms with Crippen molar-refractivity contribution in [2.45, 2.75) is 19.8 Å². The van der Waals surface area contributed by atoms with E-state index in [9.17, 15) is 9.90 Å². The number of carboxylic acids is 1. The minimum absolute atomic E-state index is 0.221. The molecule has 2 aromatic carbocycles. The summed E-state index contributed by atoms with van der Waals surface area (Å²) in [6, 6.07) is 17.1. The standard InChI is InChI=1S/C17H19NO2/c1-17(2,16(19)20)15(12-6-4-3-5-7-12)13-8-10-14(18)11-9-13/h3-11,15H,18H2,1-2H3,(H,19,20). The van der Waals surface area contributed by atoms with Crippen molar-refractivity contribution >= 4 is 11.7 Å². The molecule has 2 rings (SSSR count). The summed E-state index contributed by atoms with van der Waals surface area (Å²) in [5, 5.41) is 9.56. The molecule has 3 heteroatoms. The number of nitrogen functional groups attached to an aromatic ring is 1. The predicted molar refractivity (Wildman–Crippen MR) is 80.6 cm³/mol. The maximum absolute atomic E-state index is 11.7. The summed E-state index contributed by atoms with van der Waals surface area (Å²) >= 11 is 0. The lowest BCUT2D eigenvalue weighted by Crippen LogP contribution is -2.32. The summed E-state index contributed by atoms with van der Waals surface area (Å²) in [5.41, 5.74) is 7.43. The zero-order chi connectivity index (χ0) is 14.8. The molecule has 0 fully saturated rings. The van der Waals surface area contributed by atoms with Crippen molar-refractivity contribution in [3.05, 3.63) is 65.7 Å². The van der Waals surface area contributed by atoms with Crippen LogP contribution in [0.15, 0.2) is 54.6 Å². The molecule has 104 valence electrons. The number of hydrogen-bond acceptors (Lipinski definition) is 2. The summed E-state index contributed by atoms with van der Waals surface area (Å²) in [6.45, 7) is 3.51. The van der Waals surface area contributed by atoms with Crippen LogP contribution in [0.2, 0.25) is 0 Å². The van der Waals surface area contributed by atoms with E-state index in [2.05, 4.69) is 0 Å². The molecule has 1 unspecified atom stereocenters. The fraction of sp³-hybridized carbons (Fsp3) is 0.235. The van der Waals surface area contributed by atoms with Gasteiger partial charge in [-0.05, 0) is 37.1 Å². The SMILES string of the molecule is CC(C)(C(=O)O)C(c1ccccc1)c1ccc(N)cc1. The van der Waals surface area contributed by atoms with Gasteiger partial charge in [-0.2, -0.15) is 0 Å². The van der Waals surface area contributed by atoms with E-state index in [0.29, 0.717) is 5.69 Å². The Morgan fingerprint density at radius 1 is 1.00 bits per heavy atom. The lowest BCUT2D eigenvalue weighted by molar-refractivity contribution is -0.147. The Hall–Kier alpha value is -2.29. The highest BCUT2D eigenvalue weighted by Gasteiger charge is 2.38. The Bertz CT molecular complexity index is 588. The van der Waals surface area contributed by atoms with E-state index in [1.807, 2.05) is 54.6 Å². The van der Waals surface area contributed by atoms with E-state index in [4.69, 9.17) is 5.73 Å². The van der Waals surface area contributed by atoms with Crippen LogP contribution in [0.5, 0.6) is 0 Å². The molecule has 0 saturated heterocycles. The summed E-state index contributed by atoms with van der Waals surface area (Å²) in [7, 11) is 0. The number of carboxylic acid groups (broad SMARTS) is 1. The van der Waals surface area contributed by atoms with Crippen LogP contribution in [0, 0.1) is 5.41 Å². The molecule has 0 bridgehead atoms. The highest BCUT2D eigenvalue weighted by Crippen LogP contribution is 2.41. The number of carbonyl (C=O) groups is 1. The van der Waals surface area contributed by atoms with Gasteiger partial charge in [0, 0.05) is 11.6 Å². The van der Waals surface area contributed by atoms with Crippen LogP contribution in [0.1, 0.15) is 30.9 Å². The van der Waals surface area contributed by atoms with Gasteiger partial charge < -0.3 is 10.8 Å². The van der Waals surface area contributed by atoms with Crippen molar-refractivity contribution in [1.82, 2.24) is 0 Å². The largest absolute Gasteiger partial charge is 0.481 e. The average Bonchev–Trinajstić information content (AvgIpc) is 2.42.